The number of nitrogens with zero attached hydrogens (tertiary/aromatic N) is 1. The molecule has 20 heavy (non-hydrogen) atoms. The molecule has 2 rings (SSSR count). The minimum Gasteiger partial charge on any atom is -0.388 e. The number of hydrogen-bond donors (Lipinski definition) is 3. The monoisotopic (exact) mass is 291 g/mol. The highest BCUT2D eigenvalue weighted by Crippen LogP contribution is 2.41. The molecule has 8 heteroatoms. The van der Waals surface area contributed by atoms with Crippen molar-refractivity contribution in [3.05, 3.63) is 18.0 Å². The predicted molar refractivity (Wildman–Crippen MR) is 63.9 cm³/mol. The molecule has 0 saturated heterocycles. The Hall–Kier alpha value is -1.57. The minimum atomic E-state index is -4.30. The van der Waals surface area contributed by atoms with Crippen molar-refractivity contribution in [2.45, 2.75) is 37.5 Å². The molecular weight excluding hydrogens is 275 g/mol. The number of carbonyl (C=O) groups is 1. The highest BCUT2D eigenvalue weighted by Gasteiger charge is 2.47. The van der Waals surface area contributed by atoms with Crippen LogP contribution < -0.4 is 5.32 Å². The number of nitrogens with one attached hydrogen (secondary N) is 2. The van der Waals surface area contributed by atoms with Gasteiger partial charge in [0, 0.05) is 12.7 Å². The van der Waals surface area contributed by atoms with Crippen molar-refractivity contribution in [2.24, 2.45) is 5.92 Å². The quantitative estimate of drug-likeness (QED) is 0.792. The van der Waals surface area contributed by atoms with Crippen LogP contribution in [0.25, 0.3) is 0 Å². The van der Waals surface area contributed by atoms with Crippen LogP contribution in [0.2, 0.25) is 0 Å². The molecule has 1 fully saturated rings. The van der Waals surface area contributed by atoms with Gasteiger partial charge in [-0.1, -0.05) is 0 Å². The molecule has 1 amide bonds. The van der Waals surface area contributed by atoms with Gasteiger partial charge >= 0.3 is 6.18 Å². The zero-order chi connectivity index (χ0) is 14.8. The number of aromatic amines is 1. The van der Waals surface area contributed by atoms with Crippen molar-refractivity contribution in [2.75, 3.05) is 6.54 Å². The number of alkyl halides is 3. The fourth-order valence-corrected chi connectivity index (χ4v) is 2.50. The average Bonchev–Trinajstić information content (AvgIpc) is 2.89. The summed E-state index contributed by atoms with van der Waals surface area (Å²) in [5.74, 6) is -2.00. The van der Waals surface area contributed by atoms with Crippen LogP contribution in [-0.2, 0) is 0 Å². The van der Waals surface area contributed by atoms with Gasteiger partial charge in [-0.15, -0.1) is 0 Å². The van der Waals surface area contributed by atoms with Crippen LogP contribution in [0, 0.1) is 5.92 Å². The van der Waals surface area contributed by atoms with Crippen LogP contribution in [-0.4, -0.2) is 39.5 Å². The Morgan fingerprint density at radius 1 is 1.60 bits per heavy atom. The van der Waals surface area contributed by atoms with Gasteiger partial charge in [0.25, 0.3) is 5.91 Å². The van der Waals surface area contributed by atoms with Crippen LogP contribution in [0.3, 0.4) is 0 Å². The van der Waals surface area contributed by atoms with Crippen molar-refractivity contribution in [3.63, 3.8) is 0 Å². The number of aliphatic hydroxyl groups is 1. The van der Waals surface area contributed by atoms with Crippen LogP contribution in [0.1, 0.15) is 36.2 Å². The van der Waals surface area contributed by atoms with Gasteiger partial charge in [-0.2, -0.15) is 18.3 Å². The molecule has 1 saturated carbocycles. The molecule has 0 aromatic carbocycles. The van der Waals surface area contributed by atoms with Crippen LogP contribution in [0.15, 0.2) is 12.3 Å². The molecule has 0 aliphatic heterocycles. The van der Waals surface area contributed by atoms with Gasteiger partial charge in [0.05, 0.1) is 11.5 Å². The lowest BCUT2D eigenvalue weighted by molar-refractivity contribution is -0.199. The van der Waals surface area contributed by atoms with Crippen LogP contribution >= 0.6 is 0 Å². The number of halogens is 3. The van der Waals surface area contributed by atoms with Crippen molar-refractivity contribution in [1.82, 2.24) is 15.5 Å². The molecule has 1 aromatic heterocycles. The Morgan fingerprint density at radius 2 is 2.35 bits per heavy atom. The van der Waals surface area contributed by atoms with Gasteiger partial charge in [-0.25, -0.2) is 0 Å². The third-order valence-electron chi connectivity index (χ3n) is 3.61. The number of H-pyrrole nitrogens is 1. The van der Waals surface area contributed by atoms with E-state index in [9.17, 15) is 23.1 Å². The summed E-state index contributed by atoms with van der Waals surface area (Å²) < 4.78 is 38.1. The summed E-state index contributed by atoms with van der Waals surface area (Å²) >= 11 is 0. The van der Waals surface area contributed by atoms with Crippen LogP contribution in [0.4, 0.5) is 13.2 Å². The highest BCUT2D eigenvalue weighted by atomic mass is 19.4. The van der Waals surface area contributed by atoms with Gasteiger partial charge in [0.1, 0.15) is 5.69 Å². The number of hydrogen-bond acceptors (Lipinski definition) is 3. The third-order valence-corrected chi connectivity index (χ3v) is 3.61. The summed E-state index contributed by atoms with van der Waals surface area (Å²) in [6.45, 7) is -0.197. The summed E-state index contributed by atoms with van der Waals surface area (Å²) in [6, 6.07) is 1.44. The fraction of sp³-hybridized carbons (Fsp3) is 0.667. The van der Waals surface area contributed by atoms with Crippen molar-refractivity contribution in [1.29, 1.82) is 0 Å². The van der Waals surface area contributed by atoms with Crippen molar-refractivity contribution >= 4 is 5.91 Å². The fourth-order valence-electron chi connectivity index (χ4n) is 2.50. The lowest BCUT2D eigenvalue weighted by atomic mass is 9.77. The molecule has 1 heterocycles. The van der Waals surface area contributed by atoms with Gasteiger partial charge in [0.15, 0.2) is 0 Å². The second-order valence-electron chi connectivity index (χ2n) is 5.21. The number of carbonyl (C=O) groups excluding carboxylic acids is 1. The maximum atomic E-state index is 12.7. The van der Waals surface area contributed by atoms with Gasteiger partial charge in [0.2, 0.25) is 0 Å². The summed E-state index contributed by atoms with van der Waals surface area (Å²) in [5, 5.41) is 18.7. The van der Waals surface area contributed by atoms with Crippen molar-refractivity contribution < 1.29 is 23.1 Å². The Balaban J connectivity index is 1.92. The molecule has 0 unspecified atom stereocenters. The normalized spacial score (nSPS) is 27.3. The SMILES string of the molecule is O=C(NC[C@@]1(O)CCC[C@@H](C(F)(F)F)C1)c1ccn[nH]1. The Kier molecular flexibility index (Phi) is 4.03. The van der Waals surface area contributed by atoms with Gasteiger partial charge in [-0.05, 0) is 31.7 Å². The molecular formula is C12H16F3N3O2. The Morgan fingerprint density at radius 3 is 2.95 bits per heavy atom. The van der Waals surface area contributed by atoms with Crippen LogP contribution in [0.5, 0.6) is 0 Å². The predicted octanol–water partition coefficient (Wildman–Crippen LogP) is 1.62. The maximum Gasteiger partial charge on any atom is 0.391 e. The first-order valence-electron chi connectivity index (χ1n) is 6.37. The van der Waals surface area contributed by atoms with E-state index in [0.717, 1.165) is 0 Å². The largest absolute Gasteiger partial charge is 0.391 e. The molecule has 3 N–H and O–H groups in total. The van der Waals surface area contributed by atoms with E-state index in [1.807, 2.05) is 0 Å². The molecule has 0 spiro atoms. The Bertz CT molecular complexity index is 461. The lowest BCUT2D eigenvalue weighted by Crippen LogP contribution is -2.48. The topological polar surface area (TPSA) is 78.0 Å². The molecule has 2 atom stereocenters. The summed E-state index contributed by atoms with van der Waals surface area (Å²) in [7, 11) is 0. The average molecular weight is 291 g/mol. The second-order valence-corrected chi connectivity index (χ2v) is 5.21. The highest BCUT2D eigenvalue weighted by molar-refractivity contribution is 5.92. The smallest absolute Gasteiger partial charge is 0.388 e. The second kappa shape index (κ2) is 5.43. The van der Waals surface area contributed by atoms with E-state index in [1.54, 1.807) is 0 Å². The van der Waals surface area contributed by atoms with Gasteiger partial charge in [-0.3, -0.25) is 9.89 Å². The number of rotatable bonds is 3. The van der Waals surface area contributed by atoms with E-state index in [-0.39, 0.29) is 31.5 Å². The Labute approximate surface area is 113 Å². The van der Waals surface area contributed by atoms with E-state index in [0.29, 0.717) is 6.42 Å². The zero-order valence-corrected chi connectivity index (χ0v) is 10.7. The van der Waals surface area contributed by atoms with E-state index in [2.05, 4.69) is 15.5 Å². The molecule has 1 aliphatic rings. The van der Waals surface area contributed by atoms with E-state index < -0.39 is 23.6 Å². The van der Waals surface area contributed by atoms with Gasteiger partial charge < -0.3 is 10.4 Å². The molecule has 112 valence electrons. The third kappa shape index (κ3) is 3.50. The molecule has 0 bridgehead atoms. The molecule has 5 nitrogen and oxygen atoms in total. The lowest BCUT2D eigenvalue weighted by Gasteiger charge is -2.37. The summed E-state index contributed by atoms with van der Waals surface area (Å²) in [6.07, 6.45) is -2.71. The maximum absolute atomic E-state index is 12.7. The number of amides is 1. The van der Waals surface area contributed by atoms with Crippen molar-refractivity contribution in [3.8, 4) is 0 Å². The first-order valence-corrected chi connectivity index (χ1v) is 6.37. The standard InChI is InChI=1S/C12H16F3N3O2/c13-12(14,15)8-2-1-4-11(20,6-8)7-16-10(19)9-3-5-17-18-9/h3,5,8,20H,1-2,4,6-7H2,(H,16,19)(H,17,18)/t8-,11-/m1/s1. The molecule has 1 aromatic rings. The molecule has 1 aliphatic carbocycles. The van der Waals surface area contributed by atoms with E-state index in [1.165, 1.54) is 12.3 Å². The summed E-state index contributed by atoms with van der Waals surface area (Å²) in [4.78, 5) is 11.7. The minimum absolute atomic E-state index is 0.0281. The molecule has 0 radical (unpaired) electrons. The van der Waals surface area contributed by atoms with E-state index in [4.69, 9.17) is 0 Å². The summed E-state index contributed by atoms with van der Waals surface area (Å²) in [5.41, 5.74) is -1.30. The number of aromatic nitrogens is 2. The zero-order valence-electron chi connectivity index (χ0n) is 10.7. The first-order chi connectivity index (χ1) is 9.30. The van der Waals surface area contributed by atoms with E-state index >= 15 is 0 Å². The first kappa shape index (κ1) is 14.8.